The molecule has 0 aromatic heterocycles. The summed E-state index contributed by atoms with van der Waals surface area (Å²) in [7, 11) is 0. The molecule has 8 nitrogen and oxygen atoms in total. The molecule has 0 atom stereocenters. The minimum absolute atomic E-state index is 0.0607. The molecule has 0 heterocycles. The van der Waals surface area contributed by atoms with Crippen molar-refractivity contribution in [1.29, 1.82) is 0 Å². The summed E-state index contributed by atoms with van der Waals surface area (Å²) < 4.78 is 27.5. The van der Waals surface area contributed by atoms with E-state index in [-0.39, 0.29) is 23.1 Å². The van der Waals surface area contributed by atoms with E-state index < -0.39 is 0 Å². The van der Waals surface area contributed by atoms with E-state index in [9.17, 15) is 19.2 Å². The molecule has 8 heteroatoms. The standard InChI is InChI=1S/C60H72O8/c1-9-13-25-65-57-49-29-45(21-17-41(5)61)30-50(57)38-52-32-47(23-19-43(7)63)34-54(59(52)67-27-15-11-3)40-56-36-48(24-20-44(8)64)35-55(60(56)68-28-16-12-4)39-53-33-46(22-18-42(6)62)31-51(37-49)58(53)66-26-14-10-2/h17-24,29-36H,9-16,25-28,37-40H2,1-8H3/b21-17-,22-18+,23-19+,24-20+. The molecule has 0 amide bonds. The first-order valence-corrected chi connectivity index (χ1v) is 24.7. The molecule has 0 unspecified atom stereocenters. The summed E-state index contributed by atoms with van der Waals surface area (Å²) in [4.78, 5) is 49.8. The van der Waals surface area contributed by atoms with Gasteiger partial charge in [0.25, 0.3) is 0 Å². The third kappa shape index (κ3) is 15.9. The van der Waals surface area contributed by atoms with Gasteiger partial charge >= 0.3 is 0 Å². The normalized spacial score (nSPS) is 12.6. The van der Waals surface area contributed by atoms with Crippen LogP contribution in [0.3, 0.4) is 0 Å². The van der Waals surface area contributed by atoms with Crippen molar-refractivity contribution in [2.75, 3.05) is 26.4 Å². The van der Waals surface area contributed by atoms with Crippen molar-refractivity contribution in [1.82, 2.24) is 0 Å². The molecule has 8 bridgehead atoms. The van der Waals surface area contributed by atoms with E-state index in [1.807, 2.05) is 24.3 Å². The molecule has 0 saturated heterocycles. The number of allylic oxidation sites excluding steroid dienone is 4. The summed E-state index contributed by atoms with van der Waals surface area (Å²) in [5.41, 5.74) is 10.8. The zero-order valence-corrected chi connectivity index (χ0v) is 41.8. The molecule has 0 fully saturated rings. The molecule has 0 aliphatic heterocycles. The molecule has 4 aromatic rings. The Morgan fingerprint density at radius 2 is 0.529 bits per heavy atom. The maximum atomic E-state index is 12.4. The second-order valence-electron chi connectivity index (χ2n) is 18.0. The fraction of sp³-hybridized carbons (Fsp3) is 0.400. The smallest absolute Gasteiger partial charge is 0.152 e. The number of rotatable bonds is 24. The third-order valence-electron chi connectivity index (χ3n) is 11.6. The van der Waals surface area contributed by atoms with Gasteiger partial charge in [-0.1, -0.05) is 77.7 Å². The molecule has 68 heavy (non-hydrogen) atoms. The Morgan fingerprint density at radius 1 is 0.353 bits per heavy atom. The van der Waals surface area contributed by atoms with Gasteiger partial charge in [0.15, 0.2) is 23.1 Å². The number of benzene rings is 4. The Balaban J connectivity index is 2.00. The van der Waals surface area contributed by atoms with Crippen LogP contribution in [0.15, 0.2) is 72.8 Å². The molecule has 1 aliphatic carbocycles. The zero-order valence-electron chi connectivity index (χ0n) is 41.8. The van der Waals surface area contributed by atoms with Crippen molar-refractivity contribution in [3.8, 4) is 23.0 Å². The first-order chi connectivity index (χ1) is 32.8. The van der Waals surface area contributed by atoms with E-state index >= 15 is 0 Å². The van der Waals surface area contributed by atoms with E-state index in [1.165, 1.54) is 0 Å². The number of carbonyl (C=O) groups is 4. The largest absolute Gasteiger partial charge is 0.493 e. The molecule has 1 aliphatic rings. The maximum absolute atomic E-state index is 12.4. The minimum atomic E-state index is -0.0607. The molecular formula is C60H72O8. The lowest BCUT2D eigenvalue weighted by molar-refractivity contribution is -0.113. The quantitative estimate of drug-likeness (QED) is 0.0445. The molecule has 0 radical (unpaired) electrons. The van der Waals surface area contributed by atoms with Crippen LogP contribution in [0.1, 0.15) is 174 Å². The number of ketones is 4. The average Bonchev–Trinajstić information content (AvgIpc) is 3.29. The van der Waals surface area contributed by atoms with E-state index in [1.54, 1.807) is 52.0 Å². The summed E-state index contributed by atoms with van der Waals surface area (Å²) in [6.07, 6.45) is 22.7. The number of fused-ring (bicyclic) bond motifs is 8. The van der Waals surface area contributed by atoms with Gasteiger partial charge in [-0.3, -0.25) is 19.2 Å². The van der Waals surface area contributed by atoms with E-state index in [0.717, 1.165) is 141 Å². The lowest BCUT2D eigenvalue weighted by Crippen LogP contribution is -2.11. The Kier molecular flexibility index (Phi) is 20.8. The fourth-order valence-electron chi connectivity index (χ4n) is 8.25. The van der Waals surface area contributed by atoms with E-state index in [2.05, 4.69) is 76.2 Å². The number of unbranched alkanes of at least 4 members (excludes halogenated alkanes) is 4. The van der Waals surface area contributed by atoms with E-state index in [4.69, 9.17) is 18.9 Å². The number of carbonyl (C=O) groups excluding carboxylic acids is 4. The van der Waals surface area contributed by atoms with Crippen molar-refractivity contribution in [2.45, 2.75) is 132 Å². The van der Waals surface area contributed by atoms with Crippen LogP contribution in [0.25, 0.3) is 24.3 Å². The summed E-state index contributed by atoms with van der Waals surface area (Å²) >= 11 is 0. The SMILES string of the molecule is CCCCOc1c2cc(/C=C\C(C)=O)cc1Cc1cc(/C=C/C(C)=O)cc(c1OCCCC)Cc1cc(/C=C/C(C)=O)cc(c1OCCCC)Cc1cc(/C=C/C(C)=O)cc(c1OCCCC)C2. The van der Waals surface area contributed by atoms with Crippen LogP contribution < -0.4 is 18.9 Å². The van der Waals surface area contributed by atoms with Crippen molar-refractivity contribution < 1.29 is 38.1 Å². The second-order valence-corrected chi connectivity index (χ2v) is 18.0. The van der Waals surface area contributed by atoms with Crippen LogP contribution in [0.4, 0.5) is 0 Å². The Bertz CT molecular complexity index is 2090. The van der Waals surface area contributed by atoms with Gasteiger partial charge in [-0.2, -0.15) is 0 Å². The fourth-order valence-corrected chi connectivity index (χ4v) is 8.25. The first-order valence-electron chi connectivity index (χ1n) is 24.7. The monoisotopic (exact) mass is 921 g/mol. The highest BCUT2D eigenvalue weighted by atomic mass is 16.5. The van der Waals surface area contributed by atoms with Crippen molar-refractivity contribution in [3.05, 3.63) is 140 Å². The van der Waals surface area contributed by atoms with Crippen molar-refractivity contribution in [3.63, 3.8) is 0 Å². The summed E-state index contributed by atoms with van der Waals surface area (Å²) in [6.45, 7) is 16.8. The second kappa shape index (κ2) is 26.9. The Morgan fingerprint density at radius 3 is 0.676 bits per heavy atom. The van der Waals surface area contributed by atoms with Gasteiger partial charge in [0.2, 0.25) is 0 Å². The summed E-state index contributed by atoms with van der Waals surface area (Å²) in [5.74, 6) is 2.82. The van der Waals surface area contributed by atoms with E-state index in [0.29, 0.717) is 52.1 Å². The van der Waals surface area contributed by atoms with Crippen molar-refractivity contribution in [2.24, 2.45) is 0 Å². The van der Waals surface area contributed by atoms with Gasteiger partial charge in [-0.25, -0.2) is 0 Å². The van der Waals surface area contributed by atoms with Crippen LogP contribution in [0, 0.1) is 0 Å². The molecule has 4 aromatic carbocycles. The predicted molar refractivity (Wildman–Crippen MR) is 277 cm³/mol. The van der Waals surface area contributed by atoms with Crippen LogP contribution in [0.2, 0.25) is 0 Å². The summed E-state index contributed by atoms with van der Waals surface area (Å²) in [5, 5.41) is 0. The topological polar surface area (TPSA) is 105 Å². The van der Waals surface area contributed by atoms with Gasteiger partial charge in [0, 0.05) is 25.7 Å². The van der Waals surface area contributed by atoms with Gasteiger partial charge < -0.3 is 18.9 Å². The number of hydrogen-bond donors (Lipinski definition) is 0. The predicted octanol–water partition coefficient (Wildman–Crippen LogP) is 13.5. The van der Waals surface area contributed by atoms with Gasteiger partial charge in [-0.05, 0) is 193 Å². The average molecular weight is 921 g/mol. The van der Waals surface area contributed by atoms with Gasteiger partial charge in [-0.15, -0.1) is 0 Å². The minimum Gasteiger partial charge on any atom is -0.493 e. The van der Waals surface area contributed by atoms with Crippen LogP contribution in [0.5, 0.6) is 23.0 Å². The Hall–Kier alpha value is -6.28. The van der Waals surface area contributed by atoms with Gasteiger partial charge in [0.05, 0.1) is 26.4 Å². The first kappa shape index (κ1) is 52.7. The third-order valence-corrected chi connectivity index (χ3v) is 11.6. The lowest BCUT2D eigenvalue weighted by atomic mass is 9.88. The molecular weight excluding hydrogens is 849 g/mol. The van der Waals surface area contributed by atoms with Crippen LogP contribution >= 0.6 is 0 Å². The number of hydrogen-bond acceptors (Lipinski definition) is 8. The maximum Gasteiger partial charge on any atom is 0.152 e. The number of ether oxygens (including phenoxy) is 4. The molecule has 0 saturated carbocycles. The summed E-state index contributed by atoms with van der Waals surface area (Å²) in [6, 6.07) is 16.8. The highest BCUT2D eigenvalue weighted by Crippen LogP contribution is 2.41. The highest BCUT2D eigenvalue weighted by molar-refractivity contribution is 5.93. The molecule has 5 rings (SSSR count). The lowest BCUT2D eigenvalue weighted by Gasteiger charge is -2.24. The zero-order chi connectivity index (χ0) is 49.0. The molecule has 0 N–H and O–H groups in total. The molecule has 0 spiro atoms. The van der Waals surface area contributed by atoms with Gasteiger partial charge in [0.1, 0.15) is 23.0 Å². The van der Waals surface area contributed by atoms with Crippen molar-refractivity contribution >= 4 is 47.4 Å². The molecule has 360 valence electrons. The highest BCUT2D eigenvalue weighted by Gasteiger charge is 2.24. The Labute approximate surface area is 405 Å². The van der Waals surface area contributed by atoms with Crippen LogP contribution in [-0.2, 0) is 44.9 Å². The van der Waals surface area contributed by atoms with Crippen LogP contribution in [-0.4, -0.2) is 49.6 Å².